The van der Waals surface area contributed by atoms with Crippen LogP contribution in [0.4, 0.5) is 0 Å². The van der Waals surface area contributed by atoms with E-state index in [1.54, 1.807) is 23.5 Å². The third kappa shape index (κ3) is 5.65. The van der Waals surface area contributed by atoms with Gasteiger partial charge in [0.15, 0.2) is 5.84 Å². The standard InChI is InChI=1S/C26H29N7O2S/c1-2-3-4-8-20(17-10-12-18(13-11-17)25(34)29-15-23(27)31-32-28)33-16-30-24(26(33)35)22-14-19-7-5-6-9-21(19)36-22/h5-7,9-14,20H,2-4,8,15-16H2,1H3,(H,29,34)(H3,27,28,31)/t20-/m1/s1. The van der Waals surface area contributed by atoms with Crippen LogP contribution in [0.1, 0.15) is 59.4 Å². The molecule has 0 saturated carbocycles. The van der Waals surface area contributed by atoms with Crippen molar-refractivity contribution >= 4 is 44.8 Å². The van der Waals surface area contributed by atoms with Gasteiger partial charge in [-0.05, 0) is 41.6 Å². The number of rotatable bonds is 10. The smallest absolute Gasteiger partial charge is 0.275 e. The van der Waals surface area contributed by atoms with Crippen molar-refractivity contribution < 1.29 is 9.59 Å². The molecule has 2 aromatic carbocycles. The van der Waals surface area contributed by atoms with Gasteiger partial charge in [-0.3, -0.25) is 20.0 Å². The molecular formula is C26H29N7O2S. The van der Waals surface area contributed by atoms with E-state index in [1.807, 2.05) is 41.3 Å². The number of unbranched alkanes of at least 4 members (excludes halogenated alkanes) is 2. The number of carbonyl (C=O) groups excluding carboxylic acids is 2. The predicted octanol–water partition coefficient (Wildman–Crippen LogP) is 4.84. The van der Waals surface area contributed by atoms with E-state index in [1.165, 1.54) is 0 Å². The van der Waals surface area contributed by atoms with Crippen molar-refractivity contribution in [2.75, 3.05) is 13.2 Å². The van der Waals surface area contributed by atoms with Gasteiger partial charge in [-0.25, -0.2) is 0 Å². The van der Waals surface area contributed by atoms with E-state index in [-0.39, 0.29) is 30.2 Å². The highest BCUT2D eigenvalue weighted by Gasteiger charge is 2.33. The van der Waals surface area contributed by atoms with E-state index >= 15 is 0 Å². The van der Waals surface area contributed by atoms with Gasteiger partial charge in [0, 0.05) is 10.3 Å². The zero-order chi connectivity index (χ0) is 25.5. The number of amidine groups is 1. The quantitative estimate of drug-likeness (QED) is 0.0911. The maximum absolute atomic E-state index is 13.5. The number of nitrogens with two attached hydrogens (primary N) is 1. The van der Waals surface area contributed by atoms with Crippen LogP contribution < -0.4 is 11.2 Å². The number of amides is 2. The first kappa shape index (κ1) is 25.2. The monoisotopic (exact) mass is 503 g/mol. The number of benzene rings is 2. The average molecular weight is 504 g/mol. The van der Waals surface area contributed by atoms with Gasteiger partial charge in [0.25, 0.3) is 11.8 Å². The molecule has 0 unspecified atom stereocenters. The summed E-state index contributed by atoms with van der Waals surface area (Å²) in [4.78, 5) is 33.3. The summed E-state index contributed by atoms with van der Waals surface area (Å²) in [6.07, 6.45) is 3.97. The highest BCUT2D eigenvalue weighted by Crippen LogP contribution is 2.33. The summed E-state index contributed by atoms with van der Waals surface area (Å²) in [5.41, 5.74) is 1.94. The number of thiophene rings is 1. The molecule has 186 valence electrons. The Morgan fingerprint density at radius 3 is 2.72 bits per heavy atom. The van der Waals surface area contributed by atoms with Gasteiger partial charge < -0.3 is 16.1 Å². The topological polar surface area (TPSA) is 136 Å². The summed E-state index contributed by atoms with van der Waals surface area (Å²) in [6.45, 7) is 2.40. The van der Waals surface area contributed by atoms with Gasteiger partial charge in [-0.15, -0.1) is 16.5 Å². The van der Waals surface area contributed by atoms with Crippen molar-refractivity contribution in [3.05, 3.63) is 70.6 Å². The third-order valence-electron chi connectivity index (χ3n) is 6.11. The van der Waals surface area contributed by atoms with Crippen molar-refractivity contribution in [3.8, 4) is 0 Å². The van der Waals surface area contributed by atoms with Crippen LogP contribution >= 0.6 is 11.3 Å². The second-order valence-electron chi connectivity index (χ2n) is 8.55. The molecule has 1 aliphatic rings. The predicted molar refractivity (Wildman–Crippen MR) is 143 cm³/mol. The van der Waals surface area contributed by atoms with E-state index in [4.69, 9.17) is 11.3 Å². The van der Waals surface area contributed by atoms with Gasteiger partial charge in [-0.2, -0.15) is 0 Å². The van der Waals surface area contributed by atoms with Crippen molar-refractivity contribution in [1.29, 1.82) is 5.41 Å². The van der Waals surface area contributed by atoms with E-state index in [0.717, 1.165) is 46.2 Å². The van der Waals surface area contributed by atoms with Gasteiger partial charge in [-0.1, -0.05) is 61.7 Å². The molecule has 1 aliphatic heterocycles. The normalized spacial score (nSPS) is 14.4. The number of nitrogens with one attached hydrogen (secondary N) is 2. The zero-order valence-corrected chi connectivity index (χ0v) is 20.9. The minimum atomic E-state index is -0.325. The second-order valence-corrected chi connectivity index (χ2v) is 9.63. The lowest BCUT2D eigenvalue weighted by molar-refractivity contribution is -0.125. The van der Waals surface area contributed by atoms with Crippen molar-refractivity contribution in [2.45, 2.75) is 38.6 Å². The van der Waals surface area contributed by atoms with E-state index in [9.17, 15) is 9.59 Å². The highest BCUT2D eigenvalue weighted by molar-refractivity contribution is 7.21. The van der Waals surface area contributed by atoms with E-state index in [0.29, 0.717) is 17.9 Å². The molecule has 1 atom stereocenters. The Kier molecular flexibility index (Phi) is 8.17. The van der Waals surface area contributed by atoms with Crippen LogP contribution in [0, 0.1) is 5.41 Å². The highest BCUT2D eigenvalue weighted by atomic mass is 32.1. The number of fused-ring (bicyclic) bond motifs is 1. The molecule has 0 aliphatic carbocycles. The molecule has 0 fully saturated rings. The zero-order valence-electron chi connectivity index (χ0n) is 20.1. The van der Waals surface area contributed by atoms with E-state index < -0.39 is 0 Å². The minimum Gasteiger partial charge on any atom is -0.345 e. The van der Waals surface area contributed by atoms with Crippen LogP contribution in [0.2, 0.25) is 0 Å². The Labute approximate surface area is 213 Å². The molecule has 0 spiro atoms. The number of hydrogen-bond donors (Lipinski definition) is 3. The molecule has 1 aromatic heterocycles. The fraction of sp³-hybridized carbons (Fsp3) is 0.308. The number of aliphatic imine (C=N–C) groups is 1. The van der Waals surface area contributed by atoms with Gasteiger partial charge in [0.1, 0.15) is 12.4 Å². The summed E-state index contributed by atoms with van der Waals surface area (Å²) >= 11 is 1.59. The molecule has 3 aromatic rings. The number of carbonyl (C=O) groups is 2. The van der Waals surface area contributed by atoms with Gasteiger partial charge in [0.2, 0.25) is 0 Å². The Balaban J connectivity index is 1.50. The maximum atomic E-state index is 13.5. The maximum Gasteiger partial charge on any atom is 0.275 e. The van der Waals surface area contributed by atoms with Gasteiger partial charge >= 0.3 is 0 Å². The second kappa shape index (κ2) is 11.7. The molecular weight excluding hydrogens is 474 g/mol. The summed E-state index contributed by atoms with van der Waals surface area (Å²) in [6, 6.07) is 17.2. The molecule has 4 rings (SSSR count). The average Bonchev–Trinajstić information content (AvgIpc) is 3.49. The first-order chi connectivity index (χ1) is 17.5. The first-order valence-electron chi connectivity index (χ1n) is 11.9. The molecule has 10 heteroatoms. The SMILES string of the molecule is CCCCC[C@H](c1ccc(C(=O)NCC(=N)/N=N\N)cc1)N1CN=C(c2cc3ccccc3s2)C1=O. The lowest BCUT2D eigenvalue weighted by Crippen LogP contribution is -2.34. The minimum absolute atomic E-state index is 0.0579. The molecule has 0 bridgehead atoms. The Morgan fingerprint density at radius 1 is 1.22 bits per heavy atom. The van der Waals surface area contributed by atoms with E-state index in [2.05, 4.69) is 33.6 Å². The fourth-order valence-electron chi connectivity index (χ4n) is 4.25. The molecule has 9 nitrogen and oxygen atoms in total. The van der Waals surface area contributed by atoms with Crippen LogP contribution in [-0.4, -0.2) is 41.5 Å². The fourth-order valence-corrected chi connectivity index (χ4v) is 5.32. The molecule has 36 heavy (non-hydrogen) atoms. The van der Waals surface area contributed by atoms with Crippen molar-refractivity contribution in [2.24, 2.45) is 21.2 Å². The molecule has 2 amide bonds. The van der Waals surface area contributed by atoms with Crippen LogP contribution in [0.3, 0.4) is 0 Å². The van der Waals surface area contributed by atoms with Crippen LogP contribution in [0.5, 0.6) is 0 Å². The lowest BCUT2D eigenvalue weighted by Gasteiger charge is -2.28. The number of hydrogen-bond acceptors (Lipinski definition) is 6. The van der Waals surface area contributed by atoms with Crippen molar-refractivity contribution in [1.82, 2.24) is 10.2 Å². The Hall–Kier alpha value is -3.92. The largest absolute Gasteiger partial charge is 0.345 e. The van der Waals surface area contributed by atoms with Crippen LogP contribution in [0.25, 0.3) is 10.1 Å². The lowest BCUT2D eigenvalue weighted by atomic mass is 9.97. The van der Waals surface area contributed by atoms with Crippen molar-refractivity contribution in [3.63, 3.8) is 0 Å². The van der Waals surface area contributed by atoms with Gasteiger partial charge in [0.05, 0.1) is 17.5 Å². The summed E-state index contributed by atoms with van der Waals surface area (Å²) in [5, 5.41) is 17.7. The first-order valence-corrected chi connectivity index (χ1v) is 12.7. The summed E-state index contributed by atoms with van der Waals surface area (Å²) in [7, 11) is 0. The molecule has 4 N–H and O–H groups in total. The van der Waals surface area contributed by atoms with Crippen LogP contribution in [0.15, 0.2) is 69.9 Å². The Morgan fingerprint density at radius 2 is 2.00 bits per heavy atom. The van der Waals surface area contributed by atoms with Crippen LogP contribution in [-0.2, 0) is 4.79 Å². The molecule has 0 saturated heterocycles. The molecule has 0 radical (unpaired) electrons. The third-order valence-corrected chi connectivity index (χ3v) is 7.24. The summed E-state index contributed by atoms with van der Waals surface area (Å²) < 4.78 is 1.14. The number of nitrogens with zero attached hydrogens (tertiary/aromatic N) is 4. The summed E-state index contributed by atoms with van der Waals surface area (Å²) in [5.74, 6) is 4.40. The Bertz CT molecular complexity index is 1280. The molecule has 2 heterocycles.